The molecule has 10 nitrogen and oxygen atoms in total. The normalized spacial score (nSPS) is 10.9. The molecule has 0 fully saturated rings. The first-order valence-electron chi connectivity index (χ1n) is 13.4. The van der Waals surface area contributed by atoms with Crippen molar-refractivity contribution in [2.45, 2.75) is 18.2 Å². The molecule has 0 aliphatic rings. The van der Waals surface area contributed by atoms with Crippen molar-refractivity contribution in [1.29, 1.82) is 0 Å². The van der Waals surface area contributed by atoms with Crippen LogP contribution in [-0.2, 0) is 17.9 Å². The van der Waals surface area contributed by atoms with Crippen molar-refractivity contribution in [3.05, 3.63) is 112 Å². The van der Waals surface area contributed by atoms with Gasteiger partial charge in [-0.15, -0.1) is 0 Å². The van der Waals surface area contributed by atoms with E-state index in [1.165, 1.54) is 25.0 Å². The van der Waals surface area contributed by atoms with E-state index in [9.17, 15) is 14.4 Å². The highest BCUT2D eigenvalue weighted by atomic mass is 32.2. The van der Waals surface area contributed by atoms with Gasteiger partial charge < -0.3 is 24.1 Å². The second-order valence-corrected chi connectivity index (χ2v) is 10.5. The molecule has 1 N–H and O–H groups in total. The number of carbonyl (C=O) groups excluding carboxylic acids is 2. The lowest BCUT2D eigenvalue weighted by atomic mass is 10.1. The smallest absolute Gasteiger partial charge is 0.266 e. The van der Waals surface area contributed by atoms with Gasteiger partial charge in [-0.1, -0.05) is 42.1 Å². The summed E-state index contributed by atoms with van der Waals surface area (Å²) in [5.41, 5.74) is 1.81. The third-order valence-electron chi connectivity index (χ3n) is 6.74. The number of methoxy groups -OCH3 is 2. The Morgan fingerprint density at radius 3 is 2.49 bits per heavy atom. The molecule has 5 aromatic rings. The number of hydrogen-bond donors (Lipinski definition) is 1. The number of nitrogens with zero attached hydrogens (tertiary/aromatic N) is 3. The number of carbonyl (C=O) groups is 2. The van der Waals surface area contributed by atoms with Crippen LogP contribution >= 0.6 is 11.8 Å². The molecule has 0 aliphatic carbocycles. The molecule has 0 saturated carbocycles. The van der Waals surface area contributed by atoms with Gasteiger partial charge in [0.25, 0.3) is 11.5 Å². The first kappa shape index (κ1) is 29.5. The highest BCUT2D eigenvalue weighted by molar-refractivity contribution is 7.99. The predicted octanol–water partition coefficient (Wildman–Crippen LogP) is 4.68. The van der Waals surface area contributed by atoms with Gasteiger partial charge in [0.15, 0.2) is 16.7 Å². The molecule has 2 amide bonds. The number of aromatic nitrogens is 2. The van der Waals surface area contributed by atoms with Crippen LogP contribution in [0.25, 0.3) is 16.6 Å². The molecule has 2 heterocycles. The van der Waals surface area contributed by atoms with Crippen molar-refractivity contribution >= 4 is 34.5 Å². The summed E-state index contributed by atoms with van der Waals surface area (Å²) < 4.78 is 17.6. The van der Waals surface area contributed by atoms with Crippen molar-refractivity contribution < 1.29 is 23.5 Å². The first-order chi connectivity index (χ1) is 20.9. The lowest BCUT2D eigenvalue weighted by Gasteiger charge is -2.18. The molecule has 43 heavy (non-hydrogen) atoms. The summed E-state index contributed by atoms with van der Waals surface area (Å²) in [5, 5.41) is 3.41. The summed E-state index contributed by atoms with van der Waals surface area (Å²) in [6.07, 6.45) is 1.54. The minimum Gasteiger partial charge on any atom is -0.493 e. The van der Waals surface area contributed by atoms with E-state index in [0.717, 1.165) is 17.3 Å². The Morgan fingerprint density at radius 1 is 0.977 bits per heavy atom. The second-order valence-electron chi connectivity index (χ2n) is 9.59. The Morgan fingerprint density at radius 2 is 1.77 bits per heavy atom. The summed E-state index contributed by atoms with van der Waals surface area (Å²) in [4.78, 5) is 46.3. The van der Waals surface area contributed by atoms with Crippen LogP contribution in [0.5, 0.6) is 11.5 Å². The van der Waals surface area contributed by atoms with E-state index in [1.807, 2.05) is 30.3 Å². The lowest BCUT2D eigenvalue weighted by molar-refractivity contribution is -0.127. The number of thioether (sulfide) groups is 1. The van der Waals surface area contributed by atoms with Gasteiger partial charge in [0, 0.05) is 25.2 Å². The lowest BCUT2D eigenvalue weighted by Crippen LogP contribution is -2.28. The number of fused-ring (bicyclic) bond motifs is 1. The monoisotopic (exact) mass is 598 g/mol. The number of amides is 2. The third kappa shape index (κ3) is 6.73. The number of furan rings is 1. The fraction of sp³-hybridized carbons (Fsp3) is 0.188. The molecule has 3 aromatic carbocycles. The van der Waals surface area contributed by atoms with Crippen molar-refractivity contribution in [3.8, 4) is 17.2 Å². The van der Waals surface area contributed by atoms with Gasteiger partial charge in [0.05, 0.1) is 49.4 Å². The molecule has 5 rings (SSSR count). The van der Waals surface area contributed by atoms with Crippen LogP contribution in [0.1, 0.15) is 21.7 Å². The van der Waals surface area contributed by atoms with Crippen LogP contribution in [0.15, 0.2) is 99.5 Å². The van der Waals surface area contributed by atoms with Crippen LogP contribution in [-0.4, -0.2) is 53.3 Å². The van der Waals surface area contributed by atoms with Gasteiger partial charge in [0.1, 0.15) is 5.76 Å². The Bertz CT molecular complexity index is 1800. The van der Waals surface area contributed by atoms with Crippen LogP contribution < -0.4 is 20.3 Å². The Hall–Kier alpha value is -5.03. The number of nitrogens with one attached hydrogen (secondary N) is 1. The zero-order valence-corrected chi connectivity index (χ0v) is 24.7. The highest BCUT2D eigenvalue weighted by Gasteiger charge is 2.19. The maximum atomic E-state index is 13.9. The molecule has 0 saturated heterocycles. The fourth-order valence-electron chi connectivity index (χ4n) is 4.46. The Labute approximate surface area is 252 Å². The third-order valence-corrected chi connectivity index (χ3v) is 7.67. The first-order valence-corrected chi connectivity index (χ1v) is 14.4. The number of benzene rings is 3. The number of ether oxygens (including phenoxy) is 2. The SMILES string of the molecule is COc1ccc(-n2c(SCC(=O)N(C)Cc3ccccc3)nc3cc(C(=O)NCc4ccco4)ccc3c2=O)cc1OC. The van der Waals surface area contributed by atoms with Crippen LogP contribution in [0.2, 0.25) is 0 Å². The van der Waals surface area contributed by atoms with E-state index in [1.54, 1.807) is 60.5 Å². The topological polar surface area (TPSA) is 116 Å². The van der Waals surface area contributed by atoms with E-state index >= 15 is 0 Å². The zero-order chi connectivity index (χ0) is 30.3. The van der Waals surface area contributed by atoms with Gasteiger partial charge in [0.2, 0.25) is 5.91 Å². The van der Waals surface area contributed by atoms with Crippen LogP contribution in [0.3, 0.4) is 0 Å². The molecule has 0 bridgehead atoms. The molecule has 0 aliphatic heterocycles. The predicted molar refractivity (Wildman–Crippen MR) is 164 cm³/mol. The molecule has 0 radical (unpaired) electrons. The summed E-state index contributed by atoms with van der Waals surface area (Å²) in [7, 11) is 4.78. The summed E-state index contributed by atoms with van der Waals surface area (Å²) in [6, 6.07) is 23.0. The van der Waals surface area contributed by atoms with Gasteiger partial charge >= 0.3 is 0 Å². The molecule has 2 aromatic heterocycles. The van der Waals surface area contributed by atoms with Crippen molar-refractivity contribution in [3.63, 3.8) is 0 Å². The molecule has 0 atom stereocenters. The Kier molecular flexibility index (Phi) is 9.11. The van der Waals surface area contributed by atoms with E-state index < -0.39 is 0 Å². The average Bonchev–Trinajstić information content (AvgIpc) is 3.56. The molecule has 0 spiro atoms. The van der Waals surface area contributed by atoms with Crippen molar-refractivity contribution in [2.75, 3.05) is 27.0 Å². The maximum Gasteiger partial charge on any atom is 0.266 e. The van der Waals surface area contributed by atoms with Crippen molar-refractivity contribution in [2.24, 2.45) is 0 Å². The van der Waals surface area contributed by atoms with Crippen LogP contribution in [0, 0.1) is 0 Å². The Balaban J connectivity index is 1.49. The van der Waals surface area contributed by atoms with Crippen LogP contribution in [0.4, 0.5) is 0 Å². The van der Waals surface area contributed by atoms with Gasteiger partial charge in [-0.25, -0.2) is 4.98 Å². The molecule has 0 unspecified atom stereocenters. The summed E-state index contributed by atoms with van der Waals surface area (Å²) in [5.74, 6) is 1.13. The van der Waals surface area contributed by atoms with Gasteiger partial charge in [-0.3, -0.25) is 19.0 Å². The molecular formula is C32H30N4O6S. The summed E-state index contributed by atoms with van der Waals surface area (Å²) >= 11 is 1.14. The quantitative estimate of drug-likeness (QED) is 0.172. The van der Waals surface area contributed by atoms with Crippen molar-refractivity contribution in [1.82, 2.24) is 19.8 Å². The number of rotatable bonds is 11. The minimum absolute atomic E-state index is 0.0396. The van der Waals surface area contributed by atoms with E-state index in [-0.39, 0.29) is 29.7 Å². The maximum absolute atomic E-state index is 13.9. The largest absolute Gasteiger partial charge is 0.493 e. The molecule has 11 heteroatoms. The molecule has 220 valence electrons. The highest BCUT2D eigenvalue weighted by Crippen LogP contribution is 2.31. The second kappa shape index (κ2) is 13.3. The zero-order valence-electron chi connectivity index (χ0n) is 23.9. The summed E-state index contributed by atoms with van der Waals surface area (Å²) in [6.45, 7) is 0.669. The van der Waals surface area contributed by atoms with Gasteiger partial charge in [-0.2, -0.15) is 0 Å². The van der Waals surface area contributed by atoms with E-state index in [4.69, 9.17) is 18.9 Å². The average molecular weight is 599 g/mol. The minimum atomic E-state index is -0.354. The van der Waals surface area contributed by atoms with E-state index in [0.29, 0.717) is 51.1 Å². The fourth-order valence-corrected chi connectivity index (χ4v) is 5.41. The van der Waals surface area contributed by atoms with Gasteiger partial charge in [-0.05, 0) is 48.0 Å². The van der Waals surface area contributed by atoms with E-state index in [2.05, 4.69) is 5.32 Å². The standard InChI is InChI=1S/C32H30N4O6S/c1-35(19-21-8-5-4-6-9-21)29(37)20-43-32-34-26-16-22(30(38)33-18-24-10-7-15-42-24)11-13-25(26)31(39)36(32)23-12-14-27(40-2)28(17-23)41-3/h4-17H,18-20H2,1-3H3,(H,33,38). The molecular weight excluding hydrogens is 568 g/mol. The number of hydrogen-bond acceptors (Lipinski definition) is 8.